The number of carbonyl (C=O) groups is 1. The van der Waals surface area contributed by atoms with E-state index in [9.17, 15) is 9.90 Å². The second-order valence-corrected chi connectivity index (χ2v) is 10.4. The number of halogens is 1. The van der Waals surface area contributed by atoms with E-state index in [0.717, 1.165) is 76.9 Å². The average Bonchev–Trinajstić information content (AvgIpc) is 3.50. The van der Waals surface area contributed by atoms with Crippen LogP contribution in [0.5, 0.6) is 5.75 Å². The van der Waals surface area contributed by atoms with Gasteiger partial charge in [0, 0.05) is 35.6 Å². The minimum Gasteiger partial charge on any atom is -0.508 e. The molecule has 3 aromatic carbocycles. The van der Waals surface area contributed by atoms with Gasteiger partial charge in [0.1, 0.15) is 11.6 Å². The molecule has 1 saturated carbocycles. The maximum absolute atomic E-state index is 12.6. The number of amides is 1. The van der Waals surface area contributed by atoms with Gasteiger partial charge in [-0.2, -0.15) is 0 Å². The zero-order valence-corrected chi connectivity index (χ0v) is 20.4. The van der Waals surface area contributed by atoms with Gasteiger partial charge >= 0.3 is 0 Å². The highest BCUT2D eigenvalue weighted by molar-refractivity contribution is 9.10. The van der Waals surface area contributed by atoms with Crippen LogP contribution in [-0.4, -0.2) is 38.6 Å². The molecule has 2 fully saturated rings. The number of benzene rings is 3. The van der Waals surface area contributed by atoms with Crippen LogP contribution in [0.3, 0.4) is 0 Å². The number of nitrogens with zero attached hydrogens (tertiary/aromatic N) is 3. The number of phenols is 1. The summed E-state index contributed by atoms with van der Waals surface area (Å²) in [5.41, 5.74) is 5.16. The van der Waals surface area contributed by atoms with Gasteiger partial charge in [0.15, 0.2) is 0 Å². The Morgan fingerprint density at radius 3 is 2.53 bits per heavy atom. The predicted octanol–water partition coefficient (Wildman–Crippen LogP) is 6.10. The third kappa shape index (κ3) is 4.11. The second kappa shape index (κ2) is 8.58. The van der Waals surface area contributed by atoms with Crippen molar-refractivity contribution in [3.63, 3.8) is 0 Å². The van der Waals surface area contributed by atoms with Crippen LogP contribution in [-0.2, 0) is 11.3 Å². The molecule has 0 unspecified atom stereocenters. The summed E-state index contributed by atoms with van der Waals surface area (Å²) in [5, 5.41) is 9.83. The second-order valence-electron chi connectivity index (χ2n) is 9.52. The van der Waals surface area contributed by atoms with Gasteiger partial charge in [0.25, 0.3) is 0 Å². The van der Waals surface area contributed by atoms with Crippen molar-refractivity contribution in [3.05, 3.63) is 71.2 Å². The SMILES string of the molecule is O=C(C1CC1)N1CC[C@@H](Cn2c(-c3ccc(-c4cccc(O)c4)cc3)nc3ccc(Br)cc32)C1. The number of aromatic hydroxyl groups is 1. The Bertz CT molecular complexity index is 1370. The number of fused-ring (bicyclic) bond motifs is 1. The monoisotopic (exact) mass is 515 g/mol. The van der Waals surface area contributed by atoms with Crippen molar-refractivity contribution in [3.8, 4) is 28.3 Å². The van der Waals surface area contributed by atoms with E-state index >= 15 is 0 Å². The smallest absolute Gasteiger partial charge is 0.225 e. The maximum Gasteiger partial charge on any atom is 0.225 e. The molecule has 2 aliphatic rings. The third-order valence-electron chi connectivity index (χ3n) is 7.00. The van der Waals surface area contributed by atoms with E-state index in [1.54, 1.807) is 12.1 Å². The Labute approximate surface area is 207 Å². The summed E-state index contributed by atoms with van der Waals surface area (Å²) in [5.74, 6) is 2.26. The predicted molar refractivity (Wildman–Crippen MR) is 137 cm³/mol. The number of aromatic nitrogens is 2. The van der Waals surface area contributed by atoms with Crippen LogP contribution in [0.4, 0.5) is 0 Å². The summed E-state index contributed by atoms with van der Waals surface area (Å²) in [7, 11) is 0. The Kier molecular flexibility index (Phi) is 5.41. The van der Waals surface area contributed by atoms with Crippen molar-refractivity contribution in [2.45, 2.75) is 25.8 Å². The fraction of sp³-hybridized carbons (Fsp3) is 0.286. The Morgan fingerprint density at radius 1 is 0.971 bits per heavy atom. The lowest BCUT2D eigenvalue weighted by molar-refractivity contribution is -0.131. The zero-order valence-electron chi connectivity index (χ0n) is 18.8. The maximum atomic E-state index is 12.6. The first kappa shape index (κ1) is 21.4. The van der Waals surface area contributed by atoms with E-state index in [-0.39, 0.29) is 11.7 Å². The van der Waals surface area contributed by atoms with Crippen LogP contribution in [0.25, 0.3) is 33.5 Å². The fourth-order valence-electron chi connectivity index (χ4n) is 5.03. The molecule has 1 aliphatic carbocycles. The molecule has 1 saturated heterocycles. The first-order chi connectivity index (χ1) is 16.5. The molecular weight excluding hydrogens is 490 g/mol. The standard InChI is InChI=1S/C28H26BrN3O2/c29-23-10-11-25-26(15-23)32(17-18-12-13-31(16-18)28(34)21-8-9-21)27(30-25)20-6-4-19(5-7-20)22-2-1-3-24(33)14-22/h1-7,10-11,14-15,18,21,33H,8-9,12-13,16-17H2/t18-/m1/s1. The summed E-state index contributed by atoms with van der Waals surface area (Å²) in [6.07, 6.45) is 3.15. The number of imidazole rings is 1. The lowest BCUT2D eigenvalue weighted by Gasteiger charge is -2.18. The fourth-order valence-corrected chi connectivity index (χ4v) is 5.38. The molecule has 5 nitrogen and oxygen atoms in total. The average molecular weight is 516 g/mol. The summed E-state index contributed by atoms with van der Waals surface area (Å²) < 4.78 is 3.35. The summed E-state index contributed by atoms with van der Waals surface area (Å²) in [6.45, 7) is 2.54. The summed E-state index contributed by atoms with van der Waals surface area (Å²) in [6, 6.07) is 21.9. The van der Waals surface area contributed by atoms with Crippen LogP contribution in [0.15, 0.2) is 71.2 Å². The molecule has 1 aromatic heterocycles. The molecular formula is C28H26BrN3O2. The van der Waals surface area contributed by atoms with Crippen LogP contribution >= 0.6 is 15.9 Å². The van der Waals surface area contributed by atoms with Crippen LogP contribution < -0.4 is 0 Å². The van der Waals surface area contributed by atoms with Crippen molar-refractivity contribution in [1.82, 2.24) is 14.5 Å². The molecule has 6 rings (SSSR count). The van der Waals surface area contributed by atoms with E-state index < -0.39 is 0 Å². The number of phenolic OH excluding ortho intramolecular Hbond substituents is 1. The molecule has 6 heteroatoms. The van der Waals surface area contributed by atoms with Gasteiger partial charge in [-0.1, -0.05) is 52.3 Å². The summed E-state index contributed by atoms with van der Waals surface area (Å²) in [4.78, 5) is 19.6. The van der Waals surface area contributed by atoms with Crippen molar-refractivity contribution in [1.29, 1.82) is 0 Å². The van der Waals surface area contributed by atoms with Crippen molar-refractivity contribution < 1.29 is 9.90 Å². The quantitative estimate of drug-likeness (QED) is 0.349. The van der Waals surface area contributed by atoms with Gasteiger partial charge in [0.05, 0.1) is 11.0 Å². The largest absolute Gasteiger partial charge is 0.508 e. The third-order valence-corrected chi connectivity index (χ3v) is 7.49. The minimum atomic E-state index is 0.264. The van der Waals surface area contributed by atoms with Gasteiger partial charge in [-0.25, -0.2) is 4.98 Å². The first-order valence-electron chi connectivity index (χ1n) is 11.9. The van der Waals surface area contributed by atoms with E-state index in [4.69, 9.17) is 4.98 Å². The molecule has 1 N–H and O–H groups in total. The van der Waals surface area contributed by atoms with E-state index in [2.05, 4.69) is 61.8 Å². The van der Waals surface area contributed by atoms with Crippen molar-refractivity contribution in [2.24, 2.45) is 11.8 Å². The molecule has 1 amide bonds. The highest BCUT2D eigenvalue weighted by Gasteiger charge is 2.36. The molecule has 1 aliphatic heterocycles. The van der Waals surface area contributed by atoms with E-state index in [0.29, 0.717) is 11.8 Å². The molecule has 172 valence electrons. The molecule has 1 atom stereocenters. The van der Waals surface area contributed by atoms with Gasteiger partial charge in [-0.3, -0.25) is 4.79 Å². The lowest BCUT2D eigenvalue weighted by Crippen LogP contribution is -2.30. The normalized spacial score (nSPS) is 18.0. The highest BCUT2D eigenvalue weighted by atomic mass is 79.9. The Morgan fingerprint density at radius 2 is 1.76 bits per heavy atom. The number of carbonyl (C=O) groups excluding carboxylic acids is 1. The first-order valence-corrected chi connectivity index (χ1v) is 12.7. The van der Waals surface area contributed by atoms with Crippen molar-refractivity contribution in [2.75, 3.05) is 13.1 Å². The minimum absolute atomic E-state index is 0.264. The molecule has 0 spiro atoms. The number of hydrogen-bond donors (Lipinski definition) is 1. The number of hydrogen-bond acceptors (Lipinski definition) is 3. The molecule has 2 heterocycles. The Hall–Kier alpha value is -3.12. The van der Waals surface area contributed by atoms with Crippen molar-refractivity contribution >= 4 is 32.9 Å². The van der Waals surface area contributed by atoms with Gasteiger partial charge in [0.2, 0.25) is 5.91 Å². The van der Waals surface area contributed by atoms with Crippen LogP contribution in [0, 0.1) is 11.8 Å². The lowest BCUT2D eigenvalue weighted by atomic mass is 10.0. The van der Waals surface area contributed by atoms with Gasteiger partial charge in [-0.15, -0.1) is 0 Å². The number of rotatable bonds is 5. The molecule has 4 aromatic rings. The van der Waals surface area contributed by atoms with E-state index in [1.165, 1.54) is 0 Å². The number of likely N-dealkylation sites (tertiary alicyclic amines) is 1. The highest BCUT2D eigenvalue weighted by Crippen LogP contribution is 2.35. The zero-order chi connectivity index (χ0) is 23.2. The molecule has 0 radical (unpaired) electrons. The Balaban J connectivity index is 1.32. The van der Waals surface area contributed by atoms with Crippen LogP contribution in [0.2, 0.25) is 0 Å². The van der Waals surface area contributed by atoms with Gasteiger partial charge in [-0.05, 0) is 66.6 Å². The molecule has 0 bridgehead atoms. The van der Waals surface area contributed by atoms with Crippen LogP contribution in [0.1, 0.15) is 19.3 Å². The molecule has 34 heavy (non-hydrogen) atoms. The summed E-state index contributed by atoms with van der Waals surface area (Å²) >= 11 is 3.62. The van der Waals surface area contributed by atoms with Gasteiger partial charge < -0.3 is 14.6 Å². The topological polar surface area (TPSA) is 58.4 Å². The van der Waals surface area contributed by atoms with E-state index in [1.807, 2.05) is 18.2 Å².